The zero-order valence-corrected chi connectivity index (χ0v) is 13.8. The van der Waals surface area contributed by atoms with Gasteiger partial charge >= 0.3 is 0 Å². The first kappa shape index (κ1) is 14.5. The molecule has 19 heavy (non-hydrogen) atoms. The molecule has 2 aromatic rings. The average Bonchev–Trinajstić information content (AvgIpc) is 2.74. The standard InChI is InChI=1S/C14H18BrN3S/c1-9(16)12-5-4-11(6-13(12)15)18(3)7-14-10(2)17-8-19-14/h4-6,8-9H,7,16H2,1-3H3/t9-/m1/s1. The van der Waals surface area contributed by atoms with Gasteiger partial charge in [-0.3, -0.25) is 0 Å². The van der Waals surface area contributed by atoms with Crippen molar-refractivity contribution in [3.05, 3.63) is 44.3 Å². The minimum atomic E-state index is 0.0393. The molecule has 0 radical (unpaired) electrons. The van der Waals surface area contributed by atoms with Crippen LogP contribution in [0.5, 0.6) is 0 Å². The summed E-state index contributed by atoms with van der Waals surface area (Å²) in [5.41, 5.74) is 11.2. The Balaban J connectivity index is 2.18. The smallest absolute Gasteiger partial charge is 0.0798 e. The van der Waals surface area contributed by atoms with Crippen LogP contribution < -0.4 is 10.6 Å². The van der Waals surface area contributed by atoms with Crippen LogP contribution in [0.25, 0.3) is 0 Å². The second-order valence-corrected chi connectivity index (χ2v) is 6.51. The first-order valence-corrected chi connectivity index (χ1v) is 7.81. The van der Waals surface area contributed by atoms with E-state index in [1.54, 1.807) is 11.3 Å². The normalized spacial score (nSPS) is 12.5. The van der Waals surface area contributed by atoms with Crippen LogP contribution in [0.15, 0.2) is 28.2 Å². The molecule has 0 aliphatic heterocycles. The van der Waals surface area contributed by atoms with Gasteiger partial charge in [-0.1, -0.05) is 22.0 Å². The highest BCUT2D eigenvalue weighted by molar-refractivity contribution is 9.10. The minimum Gasteiger partial charge on any atom is -0.369 e. The number of rotatable bonds is 4. The Morgan fingerprint density at radius 3 is 2.74 bits per heavy atom. The molecule has 0 aliphatic carbocycles. The molecule has 0 saturated carbocycles. The van der Waals surface area contributed by atoms with E-state index in [1.165, 1.54) is 10.6 Å². The molecular formula is C14H18BrN3S. The number of halogens is 1. The summed E-state index contributed by atoms with van der Waals surface area (Å²) in [7, 11) is 2.09. The molecule has 0 saturated heterocycles. The fourth-order valence-electron chi connectivity index (χ4n) is 1.91. The van der Waals surface area contributed by atoms with Crippen LogP contribution in [0.2, 0.25) is 0 Å². The molecule has 0 aliphatic rings. The lowest BCUT2D eigenvalue weighted by molar-refractivity contribution is 0.812. The molecule has 2 N–H and O–H groups in total. The number of aromatic nitrogens is 1. The molecule has 5 heteroatoms. The molecule has 102 valence electrons. The summed E-state index contributed by atoms with van der Waals surface area (Å²) in [5, 5.41) is 0. The maximum atomic E-state index is 5.92. The summed E-state index contributed by atoms with van der Waals surface area (Å²) in [6.07, 6.45) is 0. The molecule has 0 bridgehead atoms. The molecule has 1 heterocycles. The summed E-state index contributed by atoms with van der Waals surface area (Å²) >= 11 is 5.29. The van der Waals surface area contributed by atoms with Crippen molar-refractivity contribution >= 4 is 33.0 Å². The number of hydrogen-bond donors (Lipinski definition) is 1. The number of aryl methyl sites for hydroxylation is 1. The first-order chi connectivity index (χ1) is 8.99. The molecule has 1 aromatic heterocycles. The van der Waals surface area contributed by atoms with Gasteiger partial charge in [-0.25, -0.2) is 4.98 Å². The predicted molar refractivity (Wildman–Crippen MR) is 85.7 cm³/mol. The summed E-state index contributed by atoms with van der Waals surface area (Å²) in [4.78, 5) is 7.80. The Bertz CT molecular complexity index is 566. The van der Waals surface area contributed by atoms with Gasteiger partial charge in [-0.15, -0.1) is 11.3 Å². The number of thiazole rings is 1. The third kappa shape index (κ3) is 3.35. The van der Waals surface area contributed by atoms with Crippen molar-refractivity contribution in [2.45, 2.75) is 26.4 Å². The molecule has 0 fully saturated rings. The van der Waals surface area contributed by atoms with E-state index in [0.29, 0.717) is 0 Å². The van der Waals surface area contributed by atoms with Gasteiger partial charge in [0.2, 0.25) is 0 Å². The second kappa shape index (κ2) is 6.03. The Morgan fingerprint density at radius 2 is 2.21 bits per heavy atom. The molecule has 0 amide bonds. The van der Waals surface area contributed by atoms with Crippen molar-refractivity contribution in [3.63, 3.8) is 0 Å². The predicted octanol–water partition coefficient (Wildman–Crippen LogP) is 3.87. The van der Waals surface area contributed by atoms with Gasteiger partial charge in [0.25, 0.3) is 0 Å². The van der Waals surface area contributed by atoms with Gasteiger partial charge in [0.05, 0.1) is 17.7 Å². The first-order valence-electron chi connectivity index (χ1n) is 6.14. The van der Waals surface area contributed by atoms with Crippen LogP contribution in [0.1, 0.15) is 29.1 Å². The Labute approximate surface area is 126 Å². The fourth-order valence-corrected chi connectivity index (χ4v) is 3.46. The van der Waals surface area contributed by atoms with E-state index in [9.17, 15) is 0 Å². The van der Waals surface area contributed by atoms with E-state index in [2.05, 4.69) is 58.0 Å². The summed E-state index contributed by atoms with van der Waals surface area (Å²) in [6.45, 7) is 4.92. The fraction of sp³-hybridized carbons (Fsp3) is 0.357. The molecule has 3 nitrogen and oxygen atoms in total. The van der Waals surface area contributed by atoms with Crippen molar-refractivity contribution in [2.75, 3.05) is 11.9 Å². The number of nitrogens with zero attached hydrogens (tertiary/aromatic N) is 2. The summed E-state index contributed by atoms with van der Waals surface area (Å²) < 4.78 is 1.06. The molecule has 0 spiro atoms. The van der Waals surface area contributed by atoms with Crippen LogP contribution in [-0.2, 0) is 6.54 Å². The van der Waals surface area contributed by atoms with Gasteiger partial charge in [0.15, 0.2) is 0 Å². The maximum Gasteiger partial charge on any atom is 0.0798 e. The van der Waals surface area contributed by atoms with E-state index >= 15 is 0 Å². The van der Waals surface area contributed by atoms with Crippen LogP contribution >= 0.6 is 27.3 Å². The van der Waals surface area contributed by atoms with E-state index in [-0.39, 0.29) is 6.04 Å². The Kier molecular flexibility index (Phi) is 4.60. The summed E-state index contributed by atoms with van der Waals surface area (Å²) in [6, 6.07) is 6.35. The van der Waals surface area contributed by atoms with Crippen LogP contribution in [-0.4, -0.2) is 12.0 Å². The highest BCUT2D eigenvalue weighted by Gasteiger charge is 2.10. The zero-order valence-electron chi connectivity index (χ0n) is 11.4. The second-order valence-electron chi connectivity index (χ2n) is 4.71. The summed E-state index contributed by atoms with van der Waals surface area (Å²) in [5.74, 6) is 0. The van der Waals surface area contributed by atoms with Crippen LogP contribution in [0, 0.1) is 6.92 Å². The van der Waals surface area contributed by atoms with Crippen LogP contribution in [0.4, 0.5) is 5.69 Å². The van der Waals surface area contributed by atoms with Gasteiger partial charge in [0.1, 0.15) is 0 Å². The topological polar surface area (TPSA) is 42.2 Å². The lowest BCUT2D eigenvalue weighted by Gasteiger charge is -2.20. The lowest BCUT2D eigenvalue weighted by Crippen LogP contribution is -2.16. The SMILES string of the molecule is Cc1ncsc1CN(C)c1ccc([C@@H](C)N)c(Br)c1. The number of anilines is 1. The molecular weight excluding hydrogens is 322 g/mol. The Hall–Kier alpha value is -0.910. The molecule has 1 aromatic carbocycles. The van der Waals surface area contributed by atoms with Crippen molar-refractivity contribution < 1.29 is 0 Å². The lowest BCUT2D eigenvalue weighted by atomic mass is 10.1. The van der Waals surface area contributed by atoms with E-state index in [4.69, 9.17) is 5.73 Å². The largest absolute Gasteiger partial charge is 0.369 e. The van der Waals surface area contributed by atoms with E-state index < -0.39 is 0 Å². The molecule has 0 unspecified atom stereocenters. The number of benzene rings is 1. The third-order valence-corrected chi connectivity index (χ3v) is 4.75. The minimum absolute atomic E-state index is 0.0393. The number of nitrogens with two attached hydrogens (primary N) is 1. The van der Waals surface area contributed by atoms with Crippen molar-refractivity contribution in [3.8, 4) is 0 Å². The highest BCUT2D eigenvalue weighted by atomic mass is 79.9. The van der Waals surface area contributed by atoms with Crippen molar-refractivity contribution in [1.82, 2.24) is 4.98 Å². The molecule has 2 rings (SSSR count). The maximum absolute atomic E-state index is 5.92. The van der Waals surface area contributed by atoms with E-state index in [1.807, 2.05) is 12.4 Å². The van der Waals surface area contributed by atoms with Crippen LogP contribution in [0.3, 0.4) is 0 Å². The van der Waals surface area contributed by atoms with Crippen molar-refractivity contribution in [2.24, 2.45) is 5.73 Å². The average molecular weight is 340 g/mol. The van der Waals surface area contributed by atoms with Crippen molar-refractivity contribution in [1.29, 1.82) is 0 Å². The van der Waals surface area contributed by atoms with E-state index in [0.717, 1.165) is 22.3 Å². The van der Waals surface area contributed by atoms with Gasteiger partial charge in [0, 0.05) is 28.1 Å². The Morgan fingerprint density at radius 1 is 1.47 bits per heavy atom. The van der Waals surface area contributed by atoms with Gasteiger partial charge in [-0.2, -0.15) is 0 Å². The zero-order chi connectivity index (χ0) is 14.0. The van der Waals surface area contributed by atoms with Gasteiger partial charge in [-0.05, 0) is 31.5 Å². The number of hydrogen-bond acceptors (Lipinski definition) is 4. The monoisotopic (exact) mass is 339 g/mol. The third-order valence-electron chi connectivity index (χ3n) is 3.14. The molecule has 1 atom stereocenters. The van der Waals surface area contributed by atoms with Gasteiger partial charge < -0.3 is 10.6 Å². The quantitative estimate of drug-likeness (QED) is 0.919. The highest BCUT2D eigenvalue weighted by Crippen LogP contribution is 2.28.